The molecule has 9 heteroatoms. The van der Waals surface area contributed by atoms with Gasteiger partial charge in [0.1, 0.15) is 11.7 Å². The number of amides is 2. The Kier molecular flexibility index (Phi) is 7.63. The van der Waals surface area contributed by atoms with Crippen LogP contribution in [0.4, 0.5) is 10.1 Å². The second-order valence-corrected chi connectivity index (χ2v) is 7.76. The molecule has 0 saturated carbocycles. The third-order valence-corrected chi connectivity index (χ3v) is 5.73. The molecule has 0 fully saturated rings. The molecule has 164 valence electrons. The number of carbonyl (C=O) groups excluding carboxylic acids is 3. The maximum atomic E-state index is 14.6. The zero-order valence-electron chi connectivity index (χ0n) is 17.1. The van der Waals surface area contributed by atoms with E-state index in [9.17, 15) is 24.0 Å². The molecule has 3 rings (SSSR count). The summed E-state index contributed by atoms with van der Waals surface area (Å²) in [6, 6.07) is 16.4. The van der Waals surface area contributed by atoms with Gasteiger partial charge in [-0.3, -0.25) is 14.4 Å². The average Bonchev–Trinajstić information content (AvgIpc) is 2.78. The van der Waals surface area contributed by atoms with E-state index in [0.717, 1.165) is 11.8 Å². The number of nitriles is 1. The van der Waals surface area contributed by atoms with Gasteiger partial charge in [-0.15, -0.1) is 0 Å². The van der Waals surface area contributed by atoms with Crippen molar-refractivity contribution in [3.63, 3.8) is 0 Å². The Hall–Kier alpha value is -3.64. The molecule has 2 N–H and O–H groups in total. The highest BCUT2D eigenvalue weighted by Gasteiger charge is 2.45. The molecule has 0 radical (unpaired) electrons. The van der Waals surface area contributed by atoms with Gasteiger partial charge in [-0.2, -0.15) is 5.26 Å². The number of para-hydroxylation sites is 1. The van der Waals surface area contributed by atoms with Gasteiger partial charge >= 0.3 is 5.97 Å². The molecule has 2 atom stereocenters. The SMILES string of the molecule is CCOC(=O)[C@@H]1C(=O)NC(SCC(=O)Nc2ccccc2)=C(C#N)[C@@H]1c1ccccc1F. The molecule has 0 spiro atoms. The second-order valence-electron chi connectivity index (χ2n) is 6.78. The Morgan fingerprint density at radius 1 is 1.19 bits per heavy atom. The predicted octanol–water partition coefficient (Wildman–Crippen LogP) is 3.33. The van der Waals surface area contributed by atoms with E-state index in [1.54, 1.807) is 37.3 Å². The van der Waals surface area contributed by atoms with Crippen molar-refractivity contribution in [2.24, 2.45) is 5.92 Å². The van der Waals surface area contributed by atoms with Crippen LogP contribution in [0.3, 0.4) is 0 Å². The number of allylic oxidation sites excluding steroid dienone is 1. The number of hydrogen-bond donors (Lipinski definition) is 2. The third kappa shape index (κ3) is 5.15. The van der Waals surface area contributed by atoms with Crippen LogP contribution in [0.2, 0.25) is 0 Å². The molecule has 0 aliphatic carbocycles. The number of anilines is 1. The molecule has 2 aromatic carbocycles. The standard InChI is InChI=1S/C23H20FN3O4S/c1-2-31-23(30)20-19(15-10-6-7-11-17(15)24)16(12-25)22(27-21(20)29)32-13-18(28)26-14-8-4-3-5-9-14/h3-11,19-20H,2,13H2,1H3,(H,26,28)(H,27,29)/t19-,20-/m0/s1. The maximum absolute atomic E-state index is 14.6. The van der Waals surface area contributed by atoms with E-state index in [4.69, 9.17) is 4.74 Å². The highest BCUT2D eigenvalue weighted by Crippen LogP contribution is 2.41. The fourth-order valence-corrected chi connectivity index (χ4v) is 4.19. The molecule has 0 bridgehead atoms. The molecule has 1 aliphatic rings. The van der Waals surface area contributed by atoms with E-state index >= 15 is 0 Å². The lowest BCUT2D eigenvalue weighted by atomic mass is 9.78. The Labute approximate surface area is 188 Å². The van der Waals surface area contributed by atoms with Crippen molar-refractivity contribution < 1.29 is 23.5 Å². The number of esters is 1. The van der Waals surface area contributed by atoms with Gasteiger partial charge in [0.2, 0.25) is 11.8 Å². The summed E-state index contributed by atoms with van der Waals surface area (Å²) in [4.78, 5) is 37.7. The van der Waals surface area contributed by atoms with Crippen LogP contribution in [0.25, 0.3) is 0 Å². The first-order chi connectivity index (χ1) is 15.5. The molecular formula is C23H20FN3O4S. The second kappa shape index (κ2) is 10.6. The minimum atomic E-state index is -1.43. The minimum Gasteiger partial charge on any atom is -0.465 e. The zero-order chi connectivity index (χ0) is 23.1. The van der Waals surface area contributed by atoms with Crippen LogP contribution in [-0.4, -0.2) is 30.1 Å². The summed E-state index contributed by atoms with van der Waals surface area (Å²) in [6.07, 6.45) is 0. The van der Waals surface area contributed by atoms with Gasteiger partial charge in [-0.05, 0) is 30.7 Å². The largest absolute Gasteiger partial charge is 0.465 e. The van der Waals surface area contributed by atoms with Gasteiger partial charge in [0.25, 0.3) is 0 Å². The highest BCUT2D eigenvalue weighted by molar-refractivity contribution is 8.03. The molecule has 0 aromatic heterocycles. The molecular weight excluding hydrogens is 433 g/mol. The number of nitrogens with one attached hydrogen (secondary N) is 2. The number of hydrogen-bond acceptors (Lipinski definition) is 6. The molecule has 2 amide bonds. The fourth-order valence-electron chi connectivity index (χ4n) is 3.34. The van der Waals surface area contributed by atoms with Gasteiger partial charge in [0.15, 0.2) is 0 Å². The smallest absolute Gasteiger partial charge is 0.319 e. The number of nitrogens with zero attached hydrogens (tertiary/aromatic N) is 1. The number of thioether (sulfide) groups is 1. The molecule has 0 saturated heterocycles. The van der Waals surface area contributed by atoms with Gasteiger partial charge in [-0.25, -0.2) is 4.39 Å². The summed E-state index contributed by atoms with van der Waals surface area (Å²) in [6.45, 7) is 1.61. The summed E-state index contributed by atoms with van der Waals surface area (Å²) in [5, 5.41) is 15.2. The number of halogens is 1. The Morgan fingerprint density at radius 3 is 2.53 bits per heavy atom. The summed E-state index contributed by atoms with van der Waals surface area (Å²) in [7, 11) is 0. The van der Waals surface area contributed by atoms with Crippen molar-refractivity contribution in [2.75, 3.05) is 17.7 Å². The lowest BCUT2D eigenvalue weighted by molar-refractivity contribution is -0.152. The van der Waals surface area contributed by atoms with E-state index in [-0.39, 0.29) is 34.4 Å². The first kappa shape index (κ1) is 23.0. The fraction of sp³-hybridized carbons (Fsp3) is 0.217. The highest BCUT2D eigenvalue weighted by atomic mass is 32.2. The first-order valence-corrected chi connectivity index (χ1v) is 10.8. The summed E-state index contributed by atoms with van der Waals surface area (Å²) in [5.74, 6) is -5.28. The van der Waals surface area contributed by atoms with Crippen LogP contribution in [0, 0.1) is 23.1 Å². The normalized spacial score (nSPS) is 17.8. The van der Waals surface area contributed by atoms with Gasteiger partial charge in [-0.1, -0.05) is 48.2 Å². The number of benzene rings is 2. The van der Waals surface area contributed by atoms with Crippen molar-refractivity contribution in [1.82, 2.24) is 5.32 Å². The lowest BCUT2D eigenvalue weighted by Gasteiger charge is -2.31. The quantitative estimate of drug-likeness (QED) is 0.492. The van der Waals surface area contributed by atoms with Crippen LogP contribution in [0.1, 0.15) is 18.4 Å². The summed E-state index contributed by atoms with van der Waals surface area (Å²) >= 11 is 0.931. The molecule has 32 heavy (non-hydrogen) atoms. The maximum Gasteiger partial charge on any atom is 0.319 e. The van der Waals surface area contributed by atoms with Gasteiger partial charge in [0.05, 0.1) is 29.0 Å². The van der Waals surface area contributed by atoms with Crippen LogP contribution < -0.4 is 10.6 Å². The number of carbonyl (C=O) groups is 3. The summed E-state index contributed by atoms with van der Waals surface area (Å²) in [5.41, 5.74) is 0.626. The van der Waals surface area contributed by atoms with Crippen LogP contribution in [0.15, 0.2) is 65.2 Å². The summed E-state index contributed by atoms with van der Waals surface area (Å²) < 4.78 is 19.6. The topological polar surface area (TPSA) is 108 Å². The molecule has 1 heterocycles. The lowest BCUT2D eigenvalue weighted by Crippen LogP contribution is -2.44. The van der Waals surface area contributed by atoms with E-state index in [2.05, 4.69) is 10.6 Å². The molecule has 2 aromatic rings. The Bertz CT molecular complexity index is 1100. The van der Waals surface area contributed by atoms with E-state index in [1.807, 2.05) is 12.1 Å². The molecule has 1 aliphatic heterocycles. The Morgan fingerprint density at radius 2 is 1.88 bits per heavy atom. The molecule has 0 unspecified atom stereocenters. The zero-order valence-corrected chi connectivity index (χ0v) is 17.9. The predicted molar refractivity (Wildman–Crippen MR) is 118 cm³/mol. The monoisotopic (exact) mass is 453 g/mol. The van der Waals surface area contributed by atoms with Crippen molar-refractivity contribution in [3.8, 4) is 6.07 Å². The van der Waals surface area contributed by atoms with E-state index in [1.165, 1.54) is 18.2 Å². The van der Waals surface area contributed by atoms with Crippen LogP contribution >= 0.6 is 11.8 Å². The Balaban J connectivity index is 1.92. The van der Waals surface area contributed by atoms with Crippen molar-refractivity contribution >= 4 is 35.2 Å². The van der Waals surface area contributed by atoms with Crippen molar-refractivity contribution in [3.05, 3.63) is 76.6 Å². The van der Waals surface area contributed by atoms with E-state index in [0.29, 0.717) is 5.69 Å². The minimum absolute atomic E-state index is 0.00901. The van der Waals surface area contributed by atoms with Crippen molar-refractivity contribution in [2.45, 2.75) is 12.8 Å². The van der Waals surface area contributed by atoms with Crippen LogP contribution in [0.5, 0.6) is 0 Å². The van der Waals surface area contributed by atoms with Crippen LogP contribution in [-0.2, 0) is 19.1 Å². The first-order valence-electron chi connectivity index (χ1n) is 9.80. The van der Waals surface area contributed by atoms with Crippen molar-refractivity contribution in [1.29, 1.82) is 5.26 Å². The number of rotatable bonds is 7. The van der Waals surface area contributed by atoms with Gasteiger partial charge in [0, 0.05) is 11.6 Å². The van der Waals surface area contributed by atoms with E-state index < -0.39 is 29.5 Å². The van der Waals surface area contributed by atoms with Gasteiger partial charge < -0.3 is 15.4 Å². The third-order valence-electron chi connectivity index (χ3n) is 4.71. The number of ether oxygens (including phenoxy) is 1. The molecule has 7 nitrogen and oxygen atoms in total. The average molecular weight is 453 g/mol.